The molecule has 1 aliphatic heterocycles. The number of aliphatic hydroxyl groups is 1. The van der Waals surface area contributed by atoms with E-state index in [1.165, 1.54) is 12.7 Å². The molecule has 0 spiro atoms. The van der Waals surface area contributed by atoms with Crippen LogP contribution in [0.25, 0.3) is 0 Å². The third-order valence-electron chi connectivity index (χ3n) is 6.43. The Morgan fingerprint density at radius 3 is 2.45 bits per heavy atom. The molecule has 7 nitrogen and oxygen atoms in total. The van der Waals surface area contributed by atoms with Gasteiger partial charge in [0.25, 0.3) is 0 Å². The van der Waals surface area contributed by atoms with Crippen LogP contribution in [0.4, 0.5) is 0 Å². The van der Waals surface area contributed by atoms with Gasteiger partial charge in [-0.1, -0.05) is 24.6 Å². The Bertz CT molecular complexity index is 846. The van der Waals surface area contributed by atoms with Crippen molar-refractivity contribution in [1.82, 2.24) is 14.9 Å². The molecule has 1 saturated carbocycles. The number of fused-ring (bicyclic) bond motifs is 2. The molecule has 1 aromatic carbocycles. The lowest BCUT2D eigenvalue weighted by Gasteiger charge is -2.53. The Labute approximate surface area is 171 Å². The van der Waals surface area contributed by atoms with E-state index in [1.807, 2.05) is 18.2 Å². The summed E-state index contributed by atoms with van der Waals surface area (Å²) in [5, 5.41) is 11.9. The van der Waals surface area contributed by atoms with Crippen LogP contribution in [0.1, 0.15) is 30.4 Å². The molecule has 156 valence electrons. The second-order valence-corrected chi connectivity index (χ2v) is 7.94. The maximum atomic E-state index is 11.9. The van der Waals surface area contributed by atoms with Gasteiger partial charge in [-0.15, -0.1) is 0 Å². The molecule has 2 atom stereocenters. The number of piperidine rings is 1. The maximum Gasteiger partial charge on any atom is 0.319 e. The maximum absolute atomic E-state index is 11.9. The third kappa shape index (κ3) is 3.53. The lowest BCUT2D eigenvalue weighted by atomic mass is 9.63. The van der Waals surface area contributed by atoms with Crippen LogP contribution in [0, 0.1) is 11.8 Å². The Hall–Kier alpha value is -2.38. The normalized spacial score (nSPS) is 26.8. The molecule has 7 heteroatoms. The van der Waals surface area contributed by atoms with Crippen LogP contribution in [0.3, 0.4) is 0 Å². The van der Waals surface area contributed by atoms with Crippen molar-refractivity contribution in [3.63, 3.8) is 0 Å². The van der Waals surface area contributed by atoms with E-state index < -0.39 is 5.60 Å². The van der Waals surface area contributed by atoms with Gasteiger partial charge in [0.05, 0.1) is 26.9 Å². The van der Waals surface area contributed by atoms with Crippen LogP contribution in [0.2, 0.25) is 0 Å². The van der Waals surface area contributed by atoms with Gasteiger partial charge >= 0.3 is 6.01 Å². The zero-order chi connectivity index (χ0) is 20.4. The topological polar surface area (TPSA) is 76.9 Å². The summed E-state index contributed by atoms with van der Waals surface area (Å²) in [4.78, 5) is 11.0. The van der Waals surface area contributed by atoms with Gasteiger partial charge in [0, 0.05) is 43.2 Å². The summed E-state index contributed by atoms with van der Waals surface area (Å²) in [6, 6.07) is 8.37. The summed E-state index contributed by atoms with van der Waals surface area (Å²) in [5.41, 5.74) is 0.851. The smallest absolute Gasteiger partial charge is 0.319 e. The fourth-order valence-corrected chi connectivity index (χ4v) is 5.07. The van der Waals surface area contributed by atoms with Crippen LogP contribution in [0.5, 0.6) is 17.6 Å². The zero-order valence-electron chi connectivity index (χ0n) is 17.3. The number of nitrogens with zero attached hydrogens (tertiary/aromatic N) is 3. The van der Waals surface area contributed by atoms with E-state index in [0.717, 1.165) is 44.6 Å². The molecule has 2 bridgehead atoms. The molecule has 29 heavy (non-hydrogen) atoms. The van der Waals surface area contributed by atoms with Crippen molar-refractivity contribution in [3.8, 4) is 17.6 Å². The van der Waals surface area contributed by atoms with E-state index in [2.05, 4.69) is 20.9 Å². The molecule has 1 aliphatic carbocycles. The number of likely N-dealkylation sites (tertiary alicyclic amines) is 1. The minimum atomic E-state index is -0.993. The highest BCUT2D eigenvalue weighted by atomic mass is 16.5. The number of aromatic nitrogens is 2. The van der Waals surface area contributed by atoms with Crippen LogP contribution < -0.4 is 14.2 Å². The van der Waals surface area contributed by atoms with Crippen LogP contribution in [0.15, 0.2) is 30.5 Å². The van der Waals surface area contributed by atoms with Gasteiger partial charge in [0.2, 0.25) is 5.88 Å². The molecule has 2 aromatic rings. The van der Waals surface area contributed by atoms with Crippen molar-refractivity contribution in [2.24, 2.45) is 11.8 Å². The van der Waals surface area contributed by atoms with Crippen molar-refractivity contribution < 1.29 is 19.3 Å². The van der Waals surface area contributed by atoms with E-state index in [9.17, 15) is 5.11 Å². The second-order valence-electron chi connectivity index (χ2n) is 7.94. The van der Waals surface area contributed by atoms with Gasteiger partial charge in [-0.05, 0) is 18.9 Å². The monoisotopic (exact) mass is 399 g/mol. The number of hydrogen-bond donors (Lipinski definition) is 1. The number of benzene rings is 1. The molecule has 1 aromatic heterocycles. The Balaban J connectivity index is 1.62. The summed E-state index contributed by atoms with van der Waals surface area (Å²) in [7, 11) is 4.80. The summed E-state index contributed by atoms with van der Waals surface area (Å²) >= 11 is 0. The van der Waals surface area contributed by atoms with Crippen molar-refractivity contribution in [3.05, 3.63) is 41.6 Å². The highest BCUT2D eigenvalue weighted by molar-refractivity contribution is 5.35. The van der Waals surface area contributed by atoms with Gasteiger partial charge in [-0.3, -0.25) is 4.90 Å². The number of rotatable bonds is 6. The van der Waals surface area contributed by atoms with Crippen molar-refractivity contribution in [2.75, 3.05) is 34.4 Å². The molecule has 0 radical (unpaired) electrons. The SMILES string of the molecule is COc1ncc(C2(O)[C@@H]3CCC[C@@H]2CN(Cc2ccccc2OC)C3)c(OC)n1. The average Bonchev–Trinajstić information content (AvgIpc) is 2.74. The molecule has 2 aliphatic rings. The fourth-order valence-electron chi connectivity index (χ4n) is 5.07. The molecule has 2 heterocycles. The average molecular weight is 399 g/mol. The summed E-state index contributed by atoms with van der Waals surface area (Å²) in [5.74, 6) is 1.49. The van der Waals surface area contributed by atoms with Crippen molar-refractivity contribution >= 4 is 0 Å². The lowest BCUT2D eigenvalue weighted by molar-refractivity contribution is -0.149. The van der Waals surface area contributed by atoms with E-state index in [0.29, 0.717) is 11.4 Å². The van der Waals surface area contributed by atoms with Gasteiger partial charge in [0.1, 0.15) is 11.4 Å². The molecular weight excluding hydrogens is 370 g/mol. The number of methoxy groups -OCH3 is 3. The largest absolute Gasteiger partial charge is 0.496 e. The van der Waals surface area contributed by atoms with Gasteiger partial charge in [-0.25, -0.2) is 4.98 Å². The molecule has 1 saturated heterocycles. The van der Waals surface area contributed by atoms with E-state index >= 15 is 0 Å². The zero-order valence-corrected chi connectivity index (χ0v) is 17.3. The summed E-state index contributed by atoms with van der Waals surface area (Å²) in [6.07, 6.45) is 4.72. The predicted molar refractivity (Wildman–Crippen MR) is 108 cm³/mol. The van der Waals surface area contributed by atoms with E-state index in [-0.39, 0.29) is 17.8 Å². The molecular formula is C22H29N3O4. The minimum Gasteiger partial charge on any atom is -0.496 e. The van der Waals surface area contributed by atoms with Crippen molar-refractivity contribution in [1.29, 1.82) is 0 Å². The third-order valence-corrected chi connectivity index (χ3v) is 6.43. The first-order valence-corrected chi connectivity index (χ1v) is 10.1. The first-order valence-electron chi connectivity index (χ1n) is 10.1. The van der Waals surface area contributed by atoms with Crippen LogP contribution >= 0.6 is 0 Å². The minimum absolute atomic E-state index is 0.0932. The van der Waals surface area contributed by atoms with Gasteiger partial charge in [0.15, 0.2) is 0 Å². The van der Waals surface area contributed by atoms with Crippen molar-refractivity contribution in [2.45, 2.75) is 31.4 Å². The van der Waals surface area contributed by atoms with E-state index in [1.54, 1.807) is 20.4 Å². The fraction of sp³-hybridized carbons (Fsp3) is 0.545. The highest BCUT2D eigenvalue weighted by Crippen LogP contribution is 2.51. The van der Waals surface area contributed by atoms with Crippen LogP contribution in [-0.4, -0.2) is 54.4 Å². The summed E-state index contributed by atoms with van der Waals surface area (Å²) in [6.45, 7) is 2.42. The van der Waals surface area contributed by atoms with Gasteiger partial charge < -0.3 is 19.3 Å². The first kappa shape index (κ1) is 19.9. The quantitative estimate of drug-likeness (QED) is 0.800. The standard InChI is InChI=1S/C22H29N3O4/c1-27-19-10-5-4-7-15(19)12-25-13-16-8-6-9-17(14-25)22(16,26)18-11-23-21(29-3)24-20(18)28-2/h4-5,7,10-11,16-17,26H,6,8-9,12-14H2,1-3H3/t16-,17-/m1/s1. The summed E-state index contributed by atoms with van der Waals surface area (Å²) < 4.78 is 16.2. The first-order chi connectivity index (χ1) is 14.1. The number of ether oxygens (including phenoxy) is 3. The Morgan fingerprint density at radius 1 is 1.07 bits per heavy atom. The predicted octanol–water partition coefficient (Wildman–Crippen LogP) is 2.62. The molecule has 0 unspecified atom stereocenters. The number of hydrogen-bond acceptors (Lipinski definition) is 7. The molecule has 0 amide bonds. The lowest BCUT2D eigenvalue weighted by Crippen LogP contribution is -2.58. The van der Waals surface area contributed by atoms with Gasteiger partial charge in [-0.2, -0.15) is 4.98 Å². The number of para-hydroxylation sites is 1. The van der Waals surface area contributed by atoms with E-state index in [4.69, 9.17) is 14.2 Å². The molecule has 4 rings (SSSR count). The Kier molecular flexibility index (Phi) is 5.61. The highest BCUT2D eigenvalue weighted by Gasteiger charge is 2.53. The Morgan fingerprint density at radius 2 is 1.79 bits per heavy atom. The second kappa shape index (κ2) is 8.16. The molecule has 1 N–H and O–H groups in total. The van der Waals surface area contributed by atoms with Crippen LogP contribution in [-0.2, 0) is 12.1 Å². The molecule has 2 fully saturated rings.